The van der Waals surface area contributed by atoms with Crippen molar-refractivity contribution in [2.45, 2.75) is 17.9 Å². The highest BCUT2D eigenvalue weighted by Crippen LogP contribution is 2.21. The minimum Gasteiger partial charge on any atom is -0.497 e. The topological polar surface area (TPSA) is 112 Å². The summed E-state index contributed by atoms with van der Waals surface area (Å²) in [6.45, 7) is 4.24. The largest absolute Gasteiger partial charge is 0.497 e. The number of nitrogens with zero attached hydrogens (tertiary/aromatic N) is 3. The molecule has 0 saturated carbocycles. The van der Waals surface area contributed by atoms with Gasteiger partial charge in [0.1, 0.15) is 12.3 Å². The number of nitrogens with one attached hydrogen (secondary N) is 1. The summed E-state index contributed by atoms with van der Waals surface area (Å²) in [7, 11) is -2.71. The predicted octanol–water partition coefficient (Wildman–Crippen LogP) is 0.887. The third-order valence-electron chi connectivity index (χ3n) is 5.77. The van der Waals surface area contributed by atoms with Crippen molar-refractivity contribution in [2.75, 3.05) is 46.5 Å². The molecule has 0 spiro atoms. The van der Waals surface area contributed by atoms with E-state index in [0.29, 0.717) is 17.8 Å². The van der Waals surface area contributed by atoms with Crippen molar-refractivity contribution < 1.29 is 22.7 Å². The molecule has 1 aliphatic rings. The van der Waals surface area contributed by atoms with E-state index in [1.165, 1.54) is 35.9 Å². The number of aromatic nitrogens is 2. The van der Waals surface area contributed by atoms with E-state index in [9.17, 15) is 18.0 Å². The molecule has 11 heteroatoms. The summed E-state index contributed by atoms with van der Waals surface area (Å²) >= 11 is 0. The molecule has 0 bridgehead atoms. The number of methoxy groups -OCH3 is 1. The lowest BCUT2D eigenvalue weighted by atomic mass is 10.3. The molecule has 1 N–H and O–H groups in total. The summed E-state index contributed by atoms with van der Waals surface area (Å²) in [6.07, 6.45) is 0.772. The third-order valence-corrected chi connectivity index (χ3v) is 7.47. The van der Waals surface area contributed by atoms with E-state index in [2.05, 4.69) is 10.2 Å². The molecule has 0 radical (unpaired) electrons. The average molecular weight is 489 g/mol. The molecule has 1 aromatic heterocycles. The van der Waals surface area contributed by atoms with Crippen LogP contribution < -0.4 is 15.7 Å². The van der Waals surface area contributed by atoms with Crippen molar-refractivity contribution in [1.29, 1.82) is 0 Å². The van der Waals surface area contributed by atoms with Gasteiger partial charge in [-0.05, 0) is 49.4 Å². The number of carbonyl (C=O) groups excluding carboxylic acids is 1. The lowest BCUT2D eigenvalue weighted by molar-refractivity contribution is -0.121. The van der Waals surface area contributed by atoms with E-state index in [-0.39, 0.29) is 22.9 Å². The first-order valence-electron chi connectivity index (χ1n) is 11.1. The van der Waals surface area contributed by atoms with E-state index in [1.807, 2.05) is 0 Å². The molecule has 4 rings (SSSR count). The van der Waals surface area contributed by atoms with Crippen LogP contribution in [0.25, 0.3) is 11.0 Å². The molecule has 3 aromatic rings. The smallest absolute Gasteiger partial charge is 0.343 e. The Balaban J connectivity index is 1.53. The maximum absolute atomic E-state index is 13.3. The number of ether oxygens (including phenoxy) is 2. The summed E-state index contributed by atoms with van der Waals surface area (Å²) < 4.78 is 39.0. The summed E-state index contributed by atoms with van der Waals surface area (Å²) in [5.74, 6) is 0.146. The second-order valence-corrected chi connectivity index (χ2v) is 9.75. The molecular weight excluding hydrogens is 460 g/mol. The lowest BCUT2D eigenvalue weighted by Crippen LogP contribution is -2.39. The van der Waals surface area contributed by atoms with Crippen LogP contribution in [-0.4, -0.2) is 74.3 Å². The summed E-state index contributed by atoms with van der Waals surface area (Å²) in [6, 6.07) is 12.3. The Morgan fingerprint density at radius 3 is 2.41 bits per heavy atom. The second-order valence-electron chi connectivity index (χ2n) is 7.96. The van der Waals surface area contributed by atoms with Gasteiger partial charge in [0.05, 0.1) is 36.3 Å². The van der Waals surface area contributed by atoms with Crippen molar-refractivity contribution in [3.63, 3.8) is 0 Å². The summed E-state index contributed by atoms with van der Waals surface area (Å²) in [5, 5.41) is 2.83. The Morgan fingerprint density at radius 1 is 1.06 bits per heavy atom. The molecule has 0 aliphatic carbocycles. The normalized spacial score (nSPS) is 14.9. The van der Waals surface area contributed by atoms with E-state index in [4.69, 9.17) is 9.47 Å². The van der Waals surface area contributed by atoms with Gasteiger partial charge in [0, 0.05) is 19.6 Å². The Bertz CT molecular complexity index is 1310. The van der Waals surface area contributed by atoms with Crippen molar-refractivity contribution in [3.8, 4) is 5.75 Å². The van der Waals surface area contributed by atoms with E-state index >= 15 is 0 Å². The first-order valence-corrected chi connectivity index (χ1v) is 12.5. The summed E-state index contributed by atoms with van der Waals surface area (Å²) in [5.41, 5.74) is -0.211. The first-order chi connectivity index (χ1) is 16.4. The fourth-order valence-electron chi connectivity index (χ4n) is 3.97. The highest BCUT2D eigenvalue weighted by molar-refractivity contribution is 7.90. The predicted molar refractivity (Wildman–Crippen MR) is 127 cm³/mol. The van der Waals surface area contributed by atoms with Crippen LogP contribution in [0.1, 0.15) is 6.42 Å². The van der Waals surface area contributed by atoms with Gasteiger partial charge in [0.2, 0.25) is 5.91 Å². The van der Waals surface area contributed by atoms with Crippen molar-refractivity contribution in [1.82, 2.24) is 18.8 Å². The molecule has 0 atom stereocenters. The Morgan fingerprint density at radius 2 is 1.74 bits per heavy atom. The van der Waals surface area contributed by atoms with Crippen LogP contribution >= 0.6 is 0 Å². The van der Waals surface area contributed by atoms with Crippen LogP contribution in [0.15, 0.2) is 58.2 Å². The molecule has 10 nitrogen and oxygen atoms in total. The van der Waals surface area contributed by atoms with Crippen molar-refractivity contribution in [2.24, 2.45) is 0 Å². The highest BCUT2D eigenvalue weighted by Gasteiger charge is 2.26. The third kappa shape index (κ3) is 5.01. The van der Waals surface area contributed by atoms with E-state index in [1.54, 1.807) is 24.3 Å². The minimum atomic E-state index is -4.19. The Kier molecular flexibility index (Phi) is 7.35. The van der Waals surface area contributed by atoms with Gasteiger partial charge in [0.25, 0.3) is 10.0 Å². The zero-order valence-electron chi connectivity index (χ0n) is 19.0. The fourth-order valence-corrected chi connectivity index (χ4v) is 5.38. The van der Waals surface area contributed by atoms with Crippen LogP contribution in [0.4, 0.5) is 0 Å². The number of carbonyl (C=O) groups is 1. The van der Waals surface area contributed by atoms with Gasteiger partial charge >= 0.3 is 5.69 Å². The molecule has 1 aliphatic heterocycles. The van der Waals surface area contributed by atoms with Gasteiger partial charge in [-0.2, -0.15) is 3.97 Å². The fraction of sp³-hybridized carbons (Fsp3) is 0.391. The molecule has 1 amide bonds. The SMILES string of the molecule is COc1ccc(S(=O)(=O)n2c(=O)n(CC(=O)NCCCN3CCOCC3)c3ccccc32)cc1. The zero-order chi connectivity index (χ0) is 24.1. The minimum absolute atomic E-state index is 0.0501. The van der Waals surface area contributed by atoms with Crippen LogP contribution in [0, 0.1) is 0 Å². The molecule has 0 unspecified atom stereocenters. The standard InChI is InChI=1S/C23H28N4O6S/c1-32-18-7-9-19(10-8-18)34(30,31)27-21-6-3-2-5-20(21)26(23(27)29)17-22(28)24-11-4-12-25-13-15-33-16-14-25/h2-3,5-10H,4,11-17H2,1H3,(H,24,28). The van der Waals surface area contributed by atoms with E-state index < -0.39 is 15.7 Å². The van der Waals surface area contributed by atoms with Crippen molar-refractivity contribution in [3.05, 3.63) is 59.0 Å². The molecule has 34 heavy (non-hydrogen) atoms. The molecule has 182 valence electrons. The molecule has 2 heterocycles. The average Bonchev–Trinajstić information content (AvgIpc) is 3.14. The number of amides is 1. The molecule has 1 saturated heterocycles. The molecule has 2 aromatic carbocycles. The van der Waals surface area contributed by atoms with E-state index in [0.717, 1.165) is 43.2 Å². The number of morpholine rings is 1. The monoisotopic (exact) mass is 488 g/mol. The number of rotatable bonds is 9. The van der Waals surface area contributed by atoms with Gasteiger partial charge < -0.3 is 14.8 Å². The van der Waals surface area contributed by atoms with Gasteiger partial charge in [0.15, 0.2) is 0 Å². The summed E-state index contributed by atoms with van der Waals surface area (Å²) in [4.78, 5) is 28.0. The maximum Gasteiger partial charge on any atom is 0.343 e. The van der Waals surface area contributed by atoms with Crippen LogP contribution in [-0.2, 0) is 26.1 Å². The number of fused-ring (bicyclic) bond motifs is 1. The van der Waals surface area contributed by atoms with Crippen LogP contribution in [0.5, 0.6) is 5.75 Å². The maximum atomic E-state index is 13.3. The quantitative estimate of drug-likeness (QED) is 0.445. The Labute approximate surface area is 197 Å². The second kappa shape index (κ2) is 10.4. The zero-order valence-corrected chi connectivity index (χ0v) is 19.8. The number of hydrogen-bond donors (Lipinski definition) is 1. The van der Waals surface area contributed by atoms with Gasteiger partial charge in [-0.15, -0.1) is 0 Å². The highest BCUT2D eigenvalue weighted by atomic mass is 32.2. The molecule has 1 fully saturated rings. The van der Waals surface area contributed by atoms with Gasteiger partial charge in [-0.1, -0.05) is 12.1 Å². The van der Waals surface area contributed by atoms with Crippen molar-refractivity contribution >= 4 is 27.0 Å². The van der Waals surface area contributed by atoms with Gasteiger partial charge in [-0.3, -0.25) is 14.3 Å². The van der Waals surface area contributed by atoms with Gasteiger partial charge in [-0.25, -0.2) is 13.2 Å². The van der Waals surface area contributed by atoms with Crippen LogP contribution in [0.2, 0.25) is 0 Å². The number of benzene rings is 2. The lowest BCUT2D eigenvalue weighted by Gasteiger charge is -2.26. The Hall–Kier alpha value is -3.15. The van der Waals surface area contributed by atoms with Crippen LogP contribution in [0.3, 0.4) is 0 Å². The molecular formula is C23H28N4O6S. The number of hydrogen-bond acceptors (Lipinski definition) is 7. The number of imidazole rings is 1. The first kappa shape index (κ1) is 24.0. The number of para-hydroxylation sites is 2.